The number of nitrogens with one attached hydrogen (secondary N) is 2. The summed E-state index contributed by atoms with van der Waals surface area (Å²) in [5, 5.41) is 5.83. The summed E-state index contributed by atoms with van der Waals surface area (Å²) in [5.74, 6) is 0.172. The van der Waals surface area contributed by atoms with Crippen molar-refractivity contribution in [3.63, 3.8) is 0 Å². The molecule has 0 aromatic heterocycles. The van der Waals surface area contributed by atoms with E-state index in [0.29, 0.717) is 19.6 Å². The largest absolute Gasteiger partial charge is 0.381 e. The molecule has 0 aliphatic carbocycles. The predicted molar refractivity (Wildman–Crippen MR) is 88.8 cm³/mol. The summed E-state index contributed by atoms with van der Waals surface area (Å²) in [4.78, 5) is 25.7. The average molecular weight is 317 g/mol. The van der Waals surface area contributed by atoms with E-state index < -0.39 is 0 Å². The number of benzene rings is 1. The fourth-order valence-corrected chi connectivity index (χ4v) is 3.13. The first-order valence-corrected chi connectivity index (χ1v) is 8.20. The SMILES string of the molecule is Cc1cc(NC(=O)NC2CCOCC2)ccc1N1CCCC1=O. The molecule has 1 aromatic carbocycles. The summed E-state index contributed by atoms with van der Waals surface area (Å²) in [6, 6.07) is 5.64. The van der Waals surface area contributed by atoms with Crippen molar-refractivity contribution in [1.82, 2.24) is 5.32 Å². The number of carbonyl (C=O) groups is 2. The van der Waals surface area contributed by atoms with Crippen LogP contribution in [-0.4, -0.2) is 37.7 Å². The molecule has 2 heterocycles. The van der Waals surface area contributed by atoms with Crippen molar-refractivity contribution in [2.24, 2.45) is 0 Å². The molecule has 2 fully saturated rings. The van der Waals surface area contributed by atoms with Crippen LogP contribution in [0.5, 0.6) is 0 Å². The number of carbonyl (C=O) groups excluding carboxylic acids is 2. The Kier molecular flexibility index (Phi) is 4.81. The first kappa shape index (κ1) is 15.8. The van der Waals surface area contributed by atoms with Crippen LogP contribution in [0.25, 0.3) is 0 Å². The van der Waals surface area contributed by atoms with Crippen LogP contribution in [0.3, 0.4) is 0 Å². The van der Waals surface area contributed by atoms with Crippen molar-refractivity contribution >= 4 is 23.3 Å². The highest BCUT2D eigenvalue weighted by Crippen LogP contribution is 2.27. The highest BCUT2D eigenvalue weighted by molar-refractivity contribution is 5.96. The lowest BCUT2D eigenvalue weighted by atomic mass is 10.1. The van der Waals surface area contributed by atoms with Gasteiger partial charge in [0.05, 0.1) is 0 Å². The molecule has 0 spiro atoms. The molecular formula is C17H23N3O3. The zero-order valence-corrected chi connectivity index (χ0v) is 13.4. The van der Waals surface area contributed by atoms with Crippen LogP contribution in [0.1, 0.15) is 31.2 Å². The van der Waals surface area contributed by atoms with Crippen LogP contribution < -0.4 is 15.5 Å². The molecular weight excluding hydrogens is 294 g/mol. The summed E-state index contributed by atoms with van der Waals surface area (Å²) >= 11 is 0. The zero-order valence-electron chi connectivity index (χ0n) is 13.4. The normalized spacial score (nSPS) is 19.0. The Morgan fingerprint density at radius 3 is 2.74 bits per heavy atom. The number of urea groups is 1. The lowest BCUT2D eigenvalue weighted by Crippen LogP contribution is -2.41. The molecule has 6 nitrogen and oxygen atoms in total. The van der Waals surface area contributed by atoms with E-state index in [1.807, 2.05) is 30.0 Å². The number of nitrogens with zero attached hydrogens (tertiary/aromatic N) is 1. The van der Waals surface area contributed by atoms with Crippen LogP contribution in [0, 0.1) is 6.92 Å². The fraction of sp³-hybridized carbons (Fsp3) is 0.529. The van der Waals surface area contributed by atoms with Gasteiger partial charge in [-0.25, -0.2) is 4.79 Å². The Labute approximate surface area is 136 Å². The maximum Gasteiger partial charge on any atom is 0.319 e. The quantitative estimate of drug-likeness (QED) is 0.899. The molecule has 3 rings (SSSR count). The number of hydrogen-bond acceptors (Lipinski definition) is 3. The van der Waals surface area contributed by atoms with Crippen LogP contribution >= 0.6 is 0 Å². The summed E-state index contributed by atoms with van der Waals surface area (Å²) < 4.78 is 5.28. The molecule has 124 valence electrons. The second-order valence-corrected chi connectivity index (χ2v) is 6.14. The fourth-order valence-electron chi connectivity index (χ4n) is 3.13. The number of aryl methyl sites for hydroxylation is 1. The Morgan fingerprint density at radius 1 is 1.30 bits per heavy atom. The van der Waals surface area contributed by atoms with E-state index in [9.17, 15) is 9.59 Å². The van der Waals surface area contributed by atoms with Gasteiger partial charge in [0, 0.05) is 43.6 Å². The smallest absolute Gasteiger partial charge is 0.319 e. The molecule has 0 radical (unpaired) electrons. The Balaban J connectivity index is 1.61. The Morgan fingerprint density at radius 2 is 2.09 bits per heavy atom. The third kappa shape index (κ3) is 3.82. The van der Waals surface area contributed by atoms with E-state index in [1.54, 1.807) is 0 Å². The molecule has 2 N–H and O–H groups in total. The van der Waals surface area contributed by atoms with Gasteiger partial charge in [0.25, 0.3) is 0 Å². The lowest BCUT2D eigenvalue weighted by Gasteiger charge is -2.23. The molecule has 23 heavy (non-hydrogen) atoms. The van der Waals surface area contributed by atoms with Crippen LogP contribution in [-0.2, 0) is 9.53 Å². The Bertz CT molecular complexity index is 597. The number of rotatable bonds is 3. The maximum atomic E-state index is 12.1. The Hall–Kier alpha value is -2.08. The molecule has 3 amide bonds. The third-order valence-electron chi connectivity index (χ3n) is 4.38. The van der Waals surface area contributed by atoms with Gasteiger partial charge in [-0.1, -0.05) is 0 Å². The molecule has 1 aromatic rings. The highest BCUT2D eigenvalue weighted by Gasteiger charge is 2.23. The molecule has 2 aliphatic heterocycles. The van der Waals surface area contributed by atoms with Gasteiger partial charge in [0.1, 0.15) is 0 Å². The van der Waals surface area contributed by atoms with E-state index in [2.05, 4.69) is 10.6 Å². The van der Waals surface area contributed by atoms with Gasteiger partial charge < -0.3 is 20.3 Å². The summed E-state index contributed by atoms with van der Waals surface area (Å²) in [7, 11) is 0. The number of anilines is 2. The number of amides is 3. The highest BCUT2D eigenvalue weighted by atomic mass is 16.5. The zero-order chi connectivity index (χ0) is 16.2. The van der Waals surface area contributed by atoms with Gasteiger partial charge >= 0.3 is 6.03 Å². The van der Waals surface area contributed by atoms with Gasteiger partial charge in [0.15, 0.2) is 0 Å². The van der Waals surface area contributed by atoms with Crippen molar-refractivity contribution < 1.29 is 14.3 Å². The minimum atomic E-state index is -0.193. The van der Waals surface area contributed by atoms with Gasteiger partial charge in [-0.05, 0) is 49.9 Å². The van der Waals surface area contributed by atoms with E-state index in [-0.39, 0.29) is 18.0 Å². The van der Waals surface area contributed by atoms with Crippen molar-refractivity contribution in [3.8, 4) is 0 Å². The molecule has 0 saturated carbocycles. The molecule has 0 unspecified atom stereocenters. The summed E-state index contributed by atoms with van der Waals surface area (Å²) in [5.41, 5.74) is 2.66. The average Bonchev–Trinajstić information content (AvgIpc) is 2.94. The monoisotopic (exact) mass is 317 g/mol. The van der Waals surface area contributed by atoms with Gasteiger partial charge in [0.2, 0.25) is 5.91 Å². The third-order valence-corrected chi connectivity index (χ3v) is 4.38. The minimum absolute atomic E-state index is 0.172. The van der Waals surface area contributed by atoms with Gasteiger partial charge in [-0.2, -0.15) is 0 Å². The van der Waals surface area contributed by atoms with Crippen molar-refractivity contribution in [2.45, 2.75) is 38.6 Å². The van der Waals surface area contributed by atoms with Crippen molar-refractivity contribution in [3.05, 3.63) is 23.8 Å². The van der Waals surface area contributed by atoms with Crippen LogP contribution in [0.15, 0.2) is 18.2 Å². The first-order chi connectivity index (χ1) is 11.1. The second kappa shape index (κ2) is 7.00. The number of ether oxygens (including phenoxy) is 1. The van der Waals surface area contributed by atoms with E-state index in [1.165, 1.54) is 0 Å². The topological polar surface area (TPSA) is 70.7 Å². The summed E-state index contributed by atoms with van der Waals surface area (Å²) in [6.45, 7) is 4.13. The molecule has 0 bridgehead atoms. The predicted octanol–water partition coefficient (Wildman–Crippen LogP) is 2.42. The van der Waals surface area contributed by atoms with Crippen molar-refractivity contribution in [1.29, 1.82) is 0 Å². The maximum absolute atomic E-state index is 12.1. The van der Waals surface area contributed by atoms with Gasteiger partial charge in [-0.3, -0.25) is 4.79 Å². The molecule has 2 aliphatic rings. The van der Waals surface area contributed by atoms with E-state index >= 15 is 0 Å². The lowest BCUT2D eigenvalue weighted by molar-refractivity contribution is -0.117. The molecule has 2 saturated heterocycles. The number of hydrogen-bond donors (Lipinski definition) is 2. The molecule has 6 heteroatoms. The first-order valence-electron chi connectivity index (χ1n) is 8.20. The van der Waals surface area contributed by atoms with E-state index in [0.717, 1.165) is 42.7 Å². The van der Waals surface area contributed by atoms with Crippen molar-refractivity contribution in [2.75, 3.05) is 30.0 Å². The van der Waals surface area contributed by atoms with Crippen LogP contribution in [0.2, 0.25) is 0 Å². The van der Waals surface area contributed by atoms with E-state index in [4.69, 9.17) is 4.74 Å². The van der Waals surface area contributed by atoms with Gasteiger partial charge in [-0.15, -0.1) is 0 Å². The van der Waals surface area contributed by atoms with Crippen LogP contribution in [0.4, 0.5) is 16.2 Å². The standard InChI is InChI=1S/C17H23N3O3/c1-12-11-14(4-5-15(12)20-8-2-3-16(20)21)19-17(22)18-13-6-9-23-10-7-13/h4-5,11,13H,2-3,6-10H2,1H3,(H2,18,19,22). The summed E-state index contributed by atoms with van der Waals surface area (Å²) in [6.07, 6.45) is 3.23. The minimum Gasteiger partial charge on any atom is -0.381 e. The molecule has 0 atom stereocenters. The second-order valence-electron chi connectivity index (χ2n) is 6.14.